The van der Waals surface area contributed by atoms with Crippen LogP contribution >= 0.6 is 0 Å². The molecule has 0 amide bonds. The summed E-state index contributed by atoms with van der Waals surface area (Å²) in [7, 11) is 0. The molecule has 1 atom stereocenters. The van der Waals surface area contributed by atoms with E-state index in [0.29, 0.717) is 0 Å². The van der Waals surface area contributed by atoms with Gasteiger partial charge in [-0.2, -0.15) is 0 Å². The van der Waals surface area contributed by atoms with E-state index in [4.69, 9.17) is 4.42 Å². The Kier molecular flexibility index (Phi) is 3.89. The zero-order chi connectivity index (χ0) is 12.3. The number of hydrogen-bond donors (Lipinski definition) is 1. The third-order valence-corrected chi connectivity index (χ3v) is 3.86. The quantitative estimate of drug-likeness (QED) is 0.852. The molecule has 3 nitrogen and oxygen atoms in total. The number of furan rings is 1. The molecule has 1 fully saturated rings. The van der Waals surface area contributed by atoms with E-state index in [1.54, 1.807) is 6.26 Å². The van der Waals surface area contributed by atoms with Crippen molar-refractivity contribution in [3.05, 3.63) is 24.2 Å². The van der Waals surface area contributed by atoms with Crippen LogP contribution in [0.1, 0.15) is 45.4 Å². The maximum absolute atomic E-state index is 5.60. The molecule has 0 radical (unpaired) electrons. The Balaban J connectivity index is 2.19. The average Bonchev–Trinajstić information content (AvgIpc) is 2.97. The van der Waals surface area contributed by atoms with Crippen molar-refractivity contribution in [1.82, 2.24) is 10.2 Å². The molecule has 17 heavy (non-hydrogen) atoms. The largest absolute Gasteiger partial charge is 0.468 e. The molecule has 0 aliphatic carbocycles. The summed E-state index contributed by atoms with van der Waals surface area (Å²) in [5, 5.41) is 3.57. The third kappa shape index (κ3) is 2.55. The van der Waals surface area contributed by atoms with Crippen LogP contribution < -0.4 is 5.32 Å². The van der Waals surface area contributed by atoms with Gasteiger partial charge in [0, 0.05) is 5.54 Å². The highest BCUT2D eigenvalue weighted by Crippen LogP contribution is 2.33. The number of nitrogens with zero attached hydrogens (tertiary/aromatic N) is 1. The Morgan fingerprint density at radius 1 is 1.41 bits per heavy atom. The van der Waals surface area contributed by atoms with Crippen molar-refractivity contribution in [1.29, 1.82) is 0 Å². The average molecular weight is 236 g/mol. The second kappa shape index (κ2) is 5.23. The van der Waals surface area contributed by atoms with Gasteiger partial charge in [-0.25, -0.2) is 0 Å². The topological polar surface area (TPSA) is 28.4 Å². The number of rotatable bonds is 5. The predicted octanol–water partition coefficient (Wildman–Crippen LogP) is 2.80. The summed E-state index contributed by atoms with van der Waals surface area (Å²) in [6.07, 6.45) is 4.40. The van der Waals surface area contributed by atoms with Crippen molar-refractivity contribution in [3.8, 4) is 0 Å². The van der Waals surface area contributed by atoms with Crippen molar-refractivity contribution in [2.45, 2.75) is 45.2 Å². The molecule has 1 aliphatic rings. The Bertz CT molecular complexity index is 326. The molecule has 3 heteroatoms. The molecule has 2 heterocycles. The summed E-state index contributed by atoms with van der Waals surface area (Å²) in [6, 6.07) is 4.31. The van der Waals surface area contributed by atoms with Crippen LogP contribution in [0.2, 0.25) is 0 Å². The van der Waals surface area contributed by atoms with Crippen LogP contribution in [0, 0.1) is 0 Å². The standard InChI is InChI=1S/C14H24N2O/c1-4-15-13(12-8-7-11-17-12)14(2,3)16-9-5-6-10-16/h7-8,11,13,15H,4-6,9-10H2,1-3H3. The minimum atomic E-state index is 0.102. The zero-order valence-electron chi connectivity index (χ0n) is 11.2. The van der Waals surface area contributed by atoms with E-state index in [1.165, 1.54) is 25.9 Å². The van der Waals surface area contributed by atoms with Gasteiger partial charge in [0.15, 0.2) is 0 Å². The fourth-order valence-electron chi connectivity index (χ4n) is 2.83. The minimum Gasteiger partial charge on any atom is -0.468 e. The van der Waals surface area contributed by atoms with E-state index in [1.807, 2.05) is 6.07 Å². The van der Waals surface area contributed by atoms with Crippen LogP contribution in [0.5, 0.6) is 0 Å². The molecule has 2 rings (SSSR count). The van der Waals surface area contributed by atoms with Crippen LogP contribution in [0.4, 0.5) is 0 Å². The molecule has 0 spiro atoms. The van der Waals surface area contributed by atoms with Crippen LogP contribution in [0.3, 0.4) is 0 Å². The SMILES string of the molecule is CCNC(c1ccco1)C(C)(C)N1CCCC1. The lowest BCUT2D eigenvalue weighted by Gasteiger charge is -2.41. The van der Waals surface area contributed by atoms with Gasteiger partial charge in [-0.15, -0.1) is 0 Å². The first-order valence-corrected chi connectivity index (χ1v) is 6.68. The van der Waals surface area contributed by atoms with Gasteiger partial charge in [-0.3, -0.25) is 4.90 Å². The minimum absolute atomic E-state index is 0.102. The molecular formula is C14H24N2O. The second-order valence-electron chi connectivity index (χ2n) is 5.35. The highest BCUT2D eigenvalue weighted by atomic mass is 16.3. The summed E-state index contributed by atoms with van der Waals surface area (Å²) >= 11 is 0. The molecule has 1 saturated heterocycles. The molecule has 0 aromatic carbocycles. The molecule has 1 aliphatic heterocycles. The van der Waals surface area contributed by atoms with Gasteiger partial charge in [0.25, 0.3) is 0 Å². The van der Waals surface area contributed by atoms with Gasteiger partial charge in [0.2, 0.25) is 0 Å². The van der Waals surface area contributed by atoms with Crippen LogP contribution in [-0.4, -0.2) is 30.1 Å². The van der Waals surface area contributed by atoms with Gasteiger partial charge in [-0.1, -0.05) is 6.92 Å². The van der Waals surface area contributed by atoms with E-state index >= 15 is 0 Å². The van der Waals surface area contributed by atoms with E-state index in [0.717, 1.165) is 12.3 Å². The summed E-state index contributed by atoms with van der Waals surface area (Å²) in [5.74, 6) is 1.05. The first-order chi connectivity index (χ1) is 8.16. The van der Waals surface area contributed by atoms with Crippen LogP contribution in [-0.2, 0) is 0 Å². The van der Waals surface area contributed by atoms with Gasteiger partial charge in [0.05, 0.1) is 12.3 Å². The Labute approximate surface area is 104 Å². The summed E-state index contributed by atoms with van der Waals surface area (Å²) in [5.41, 5.74) is 0.102. The van der Waals surface area contributed by atoms with Crippen molar-refractivity contribution >= 4 is 0 Å². The van der Waals surface area contributed by atoms with Gasteiger partial charge in [-0.05, 0) is 58.5 Å². The smallest absolute Gasteiger partial charge is 0.122 e. The Hall–Kier alpha value is -0.800. The first-order valence-electron chi connectivity index (χ1n) is 6.68. The van der Waals surface area contributed by atoms with Gasteiger partial charge < -0.3 is 9.73 Å². The first kappa shape index (κ1) is 12.7. The summed E-state index contributed by atoms with van der Waals surface area (Å²) in [4.78, 5) is 2.57. The third-order valence-electron chi connectivity index (χ3n) is 3.86. The van der Waals surface area contributed by atoms with E-state index in [9.17, 15) is 0 Å². The predicted molar refractivity (Wildman–Crippen MR) is 70.0 cm³/mol. The lowest BCUT2D eigenvalue weighted by atomic mass is 9.90. The zero-order valence-corrected chi connectivity index (χ0v) is 11.2. The summed E-state index contributed by atoms with van der Waals surface area (Å²) in [6.45, 7) is 10.1. The monoisotopic (exact) mass is 236 g/mol. The Morgan fingerprint density at radius 2 is 2.12 bits per heavy atom. The molecular weight excluding hydrogens is 212 g/mol. The molecule has 96 valence electrons. The highest BCUT2D eigenvalue weighted by Gasteiger charge is 2.38. The van der Waals surface area contributed by atoms with E-state index in [2.05, 4.69) is 37.1 Å². The maximum Gasteiger partial charge on any atom is 0.122 e. The van der Waals surface area contributed by atoms with E-state index in [-0.39, 0.29) is 11.6 Å². The molecule has 0 bridgehead atoms. The lowest BCUT2D eigenvalue weighted by molar-refractivity contribution is 0.0970. The normalized spacial score (nSPS) is 19.7. The van der Waals surface area contributed by atoms with Crippen LogP contribution in [0.25, 0.3) is 0 Å². The number of nitrogens with one attached hydrogen (secondary N) is 1. The fraction of sp³-hybridized carbons (Fsp3) is 0.714. The van der Waals surface area contributed by atoms with Crippen molar-refractivity contribution in [2.75, 3.05) is 19.6 Å². The molecule has 1 aromatic heterocycles. The van der Waals surface area contributed by atoms with Crippen molar-refractivity contribution in [2.24, 2.45) is 0 Å². The summed E-state index contributed by atoms with van der Waals surface area (Å²) < 4.78 is 5.60. The Morgan fingerprint density at radius 3 is 2.65 bits per heavy atom. The van der Waals surface area contributed by atoms with Gasteiger partial charge in [0.1, 0.15) is 5.76 Å². The highest BCUT2D eigenvalue weighted by molar-refractivity contribution is 5.12. The molecule has 1 aromatic rings. The lowest BCUT2D eigenvalue weighted by Crippen LogP contribution is -2.51. The number of likely N-dealkylation sites (tertiary alicyclic amines) is 1. The molecule has 1 N–H and O–H groups in total. The van der Waals surface area contributed by atoms with Crippen molar-refractivity contribution in [3.63, 3.8) is 0 Å². The molecule has 1 unspecified atom stereocenters. The number of hydrogen-bond acceptors (Lipinski definition) is 3. The maximum atomic E-state index is 5.60. The van der Waals surface area contributed by atoms with Crippen LogP contribution in [0.15, 0.2) is 22.8 Å². The van der Waals surface area contributed by atoms with Gasteiger partial charge >= 0.3 is 0 Å². The second-order valence-corrected chi connectivity index (χ2v) is 5.35. The number of likely N-dealkylation sites (N-methyl/N-ethyl adjacent to an activating group) is 1. The van der Waals surface area contributed by atoms with E-state index < -0.39 is 0 Å². The van der Waals surface area contributed by atoms with Crippen molar-refractivity contribution < 1.29 is 4.42 Å². The fourth-order valence-corrected chi connectivity index (χ4v) is 2.83. The molecule has 0 saturated carbocycles.